The van der Waals surface area contributed by atoms with Gasteiger partial charge in [0.05, 0.1) is 11.7 Å². The third kappa shape index (κ3) is 1.90. The molecule has 1 aromatic carbocycles. The van der Waals surface area contributed by atoms with Gasteiger partial charge in [0, 0.05) is 18.3 Å². The zero-order chi connectivity index (χ0) is 12.4. The van der Waals surface area contributed by atoms with Gasteiger partial charge in [-0.1, -0.05) is 18.2 Å². The van der Waals surface area contributed by atoms with Gasteiger partial charge in [-0.05, 0) is 31.0 Å². The van der Waals surface area contributed by atoms with E-state index >= 15 is 0 Å². The molecule has 0 aliphatic carbocycles. The molecule has 1 amide bonds. The molecule has 1 aliphatic heterocycles. The van der Waals surface area contributed by atoms with Crippen LogP contribution < -0.4 is 0 Å². The number of H-pyrrole nitrogens is 1. The third-order valence-electron chi connectivity index (χ3n) is 3.42. The highest BCUT2D eigenvalue weighted by atomic mass is 16.2. The summed E-state index contributed by atoms with van der Waals surface area (Å²) in [6.45, 7) is 0.817. The number of carbonyl (C=O) groups is 1. The maximum absolute atomic E-state index is 12.4. The molecule has 18 heavy (non-hydrogen) atoms. The van der Waals surface area contributed by atoms with Gasteiger partial charge in [-0.2, -0.15) is 5.10 Å². The first-order valence-corrected chi connectivity index (χ1v) is 6.21. The number of hydrogen-bond donors (Lipinski definition) is 1. The van der Waals surface area contributed by atoms with Gasteiger partial charge in [-0.3, -0.25) is 9.89 Å². The maximum atomic E-state index is 12.4. The number of amides is 1. The number of rotatable bonds is 2. The van der Waals surface area contributed by atoms with Crippen molar-refractivity contribution in [2.24, 2.45) is 0 Å². The molecule has 1 N–H and O–H groups in total. The van der Waals surface area contributed by atoms with E-state index in [0.717, 1.165) is 30.6 Å². The maximum Gasteiger partial charge on any atom is 0.254 e. The minimum atomic E-state index is 0.104. The number of nitrogens with one attached hydrogen (secondary N) is 1. The second-order valence-corrected chi connectivity index (χ2v) is 4.53. The van der Waals surface area contributed by atoms with Gasteiger partial charge in [0.1, 0.15) is 0 Å². The standard InChI is InChI=1S/C14H15N3O/c18-14(11-5-2-1-3-6-11)17-10-4-7-13(17)12-8-9-15-16-12/h1-3,5-6,8-9,13H,4,7,10H2,(H,15,16). The zero-order valence-corrected chi connectivity index (χ0v) is 10.0. The van der Waals surface area contributed by atoms with Crippen LogP contribution in [0, 0.1) is 0 Å². The zero-order valence-electron chi connectivity index (χ0n) is 10.0. The van der Waals surface area contributed by atoms with Crippen molar-refractivity contribution in [3.05, 3.63) is 53.9 Å². The fourth-order valence-corrected chi connectivity index (χ4v) is 2.53. The van der Waals surface area contributed by atoms with E-state index in [-0.39, 0.29) is 11.9 Å². The molecule has 1 fully saturated rings. The summed E-state index contributed by atoms with van der Waals surface area (Å²) >= 11 is 0. The van der Waals surface area contributed by atoms with Crippen LogP contribution in [-0.2, 0) is 0 Å². The predicted molar refractivity (Wildman–Crippen MR) is 68.0 cm³/mol. The Morgan fingerprint density at radius 2 is 2.11 bits per heavy atom. The van der Waals surface area contributed by atoms with E-state index in [1.165, 1.54) is 0 Å². The van der Waals surface area contributed by atoms with E-state index in [2.05, 4.69) is 10.2 Å². The number of aromatic amines is 1. The summed E-state index contributed by atoms with van der Waals surface area (Å²) in [5.74, 6) is 0.104. The Bertz CT molecular complexity index is 521. The van der Waals surface area contributed by atoms with Gasteiger partial charge in [0.15, 0.2) is 0 Å². The molecular formula is C14H15N3O. The van der Waals surface area contributed by atoms with Crippen LogP contribution in [0.1, 0.15) is 34.9 Å². The topological polar surface area (TPSA) is 49.0 Å². The van der Waals surface area contributed by atoms with Crippen LogP contribution in [0.3, 0.4) is 0 Å². The largest absolute Gasteiger partial charge is 0.330 e. The highest BCUT2D eigenvalue weighted by Crippen LogP contribution is 2.31. The molecule has 0 bridgehead atoms. The average Bonchev–Trinajstić information content (AvgIpc) is 3.09. The van der Waals surface area contributed by atoms with Gasteiger partial charge in [0.2, 0.25) is 0 Å². The van der Waals surface area contributed by atoms with Crippen molar-refractivity contribution in [1.82, 2.24) is 15.1 Å². The van der Waals surface area contributed by atoms with E-state index in [0.29, 0.717) is 0 Å². The lowest BCUT2D eigenvalue weighted by atomic mass is 10.1. The van der Waals surface area contributed by atoms with Gasteiger partial charge in [-0.25, -0.2) is 0 Å². The van der Waals surface area contributed by atoms with Gasteiger partial charge in [-0.15, -0.1) is 0 Å². The fraction of sp³-hybridized carbons (Fsp3) is 0.286. The molecule has 0 radical (unpaired) electrons. The van der Waals surface area contributed by atoms with Gasteiger partial charge in [0.25, 0.3) is 5.91 Å². The molecule has 4 heteroatoms. The van der Waals surface area contributed by atoms with Crippen molar-refractivity contribution >= 4 is 5.91 Å². The molecular weight excluding hydrogens is 226 g/mol. The number of benzene rings is 1. The minimum Gasteiger partial charge on any atom is -0.330 e. The lowest BCUT2D eigenvalue weighted by molar-refractivity contribution is 0.0733. The fourth-order valence-electron chi connectivity index (χ4n) is 2.53. The minimum absolute atomic E-state index is 0.104. The second kappa shape index (κ2) is 4.64. The normalized spacial score (nSPS) is 19.1. The number of nitrogens with zero attached hydrogens (tertiary/aromatic N) is 2. The quantitative estimate of drug-likeness (QED) is 0.877. The summed E-state index contributed by atoms with van der Waals surface area (Å²) in [7, 11) is 0. The molecule has 2 heterocycles. The molecule has 0 saturated carbocycles. The summed E-state index contributed by atoms with van der Waals surface area (Å²) in [6.07, 6.45) is 3.78. The molecule has 0 spiro atoms. The summed E-state index contributed by atoms with van der Waals surface area (Å²) in [5, 5.41) is 6.94. The molecule has 2 aromatic rings. The predicted octanol–water partition coefficient (Wildman–Crippen LogP) is 2.39. The molecule has 4 nitrogen and oxygen atoms in total. The Hall–Kier alpha value is -2.10. The van der Waals surface area contributed by atoms with Crippen LogP contribution in [-0.4, -0.2) is 27.5 Å². The Balaban J connectivity index is 1.85. The van der Waals surface area contributed by atoms with E-state index in [1.807, 2.05) is 41.3 Å². The molecule has 1 atom stereocenters. The van der Waals surface area contributed by atoms with Crippen LogP contribution in [0.2, 0.25) is 0 Å². The Morgan fingerprint density at radius 3 is 2.83 bits per heavy atom. The van der Waals surface area contributed by atoms with Gasteiger partial charge < -0.3 is 4.90 Å². The summed E-state index contributed by atoms with van der Waals surface area (Å²) in [4.78, 5) is 14.4. The smallest absolute Gasteiger partial charge is 0.254 e. The van der Waals surface area contributed by atoms with Crippen LogP contribution >= 0.6 is 0 Å². The number of likely N-dealkylation sites (tertiary alicyclic amines) is 1. The Morgan fingerprint density at radius 1 is 1.28 bits per heavy atom. The highest BCUT2D eigenvalue weighted by Gasteiger charge is 2.31. The summed E-state index contributed by atoms with van der Waals surface area (Å²) < 4.78 is 0. The number of carbonyl (C=O) groups excluding carboxylic acids is 1. The highest BCUT2D eigenvalue weighted by molar-refractivity contribution is 5.94. The monoisotopic (exact) mass is 241 g/mol. The average molecular weight is 241 g/mol. The second-order valence-electron chi connectivity index (χ2n) is 4.53. The van der Waals surface area contributed by atoms with Crippen LogP contribution in [0.5, 0.6) is 0 Å². The van der Waals surface area contributed by atoms with Crippen LogP contribution in [0.4, 0.5) is 0 Å². The van der Waals surface area contributed by atoms with Crippen molar-refractivity contribution in [2.75, 3.05) is 6.54 Å². The molecule has 1 unspecified atom stereocenters. The summed E-state index contributed by atoms with van der Waals surface area (Å²) in [6, 6.07) is 11.5. The molecule has 3 rings (SSSR count). The van der Waals surface area contributed by atoms with E-state index in [1.54, 1.807) is 6.20 Å². The first kappa shape index (κ1) is 11.0. The van der Waals surface area contributed by atoms with E-state index in [9.17, 15) is 4.79 Å². The first-order chi connectivity index (χ1) is 8.86. The lowest BCUT2D eigenvalue weighted by Crippen LogP contribution is -2.30. The molecule has 1 aromatic heterocycles. The number of hydrogen-bond acceptors (Lipinski definition) is 2. The van der Waals surface area contributed by atoms with Gasteiger partial charge >= 0.3 is 0 Å². The molecule has 1 saturated heterocycles. The van der Waals surface area contributed by atoms with Crippen LogP contribution in [0.25, 0.3) is 0 Å². The lowest BCUT2D eigenvalue weighted by Gasteiger charge is -2.23. The van der Waals surface area contributed by atoms with Crippen molar-refractivity contribution < 1.29 is 4.79 Å². The van der Waals surface area contributed by atoms with E-state index in [4.69, 9.17) is 0 Å². The van der Waals surface area contributed by atoms with E-state index < -0.39 is 0 Å². The third-order valence-corrected chi connectivity index (χ3v) is 3.42. The van der Waals surface area contributed by atoms with Crippen molar-refractivity contribution in [1.29, 1.82) is 0 Å². The summed E-state index contributed by atoms with van der Waals surface area (Å²) in [5.41, 5.74) is 1.78. The first-order valence-electron chi connectivity index (χ1n) is 6.21. The molecule has 1 aliphatic rings. The Labute approximate surface area is 106 Å². The van der Waals surface area contributed by atoms with Crippen LogP contribution in [0.15, 0.2) is 42.6 Å². The van der Waals surface area contributed by atoms with Crippen molar-refractivity contribution in [3.63, 3.8) is 0 Å². The van der Waals surface area contributed by atoms with Crippen molar-refractivity contribution in [2.45, 2.75) is 18.9 Å². The van der Waals surface area contributed by atoms with Crippen molar-refractivity contribution in [3.8, 4) is 0 Å². The SMILES string of the molecule is O=C(c1ccccc1)N1CCCC1c1ccn[nH]1. The number of aromatic nitrogens is 2. The molecule has 92 valence electrons. The Kier molecular flexibility index (Phi) is 2.84.